The number of aliphatic carboxylic acids is 1. The van der Waals surface area contributed by atoms with Crippen LogP contribution in [0.3, 0.4) is 0 Å². The van der Waals surface area contributed by atoms with Crippen LogP contribution in [0.25, 0.3) is 0 Å². The maximum Gasteiger partial charge on any atom is 0.306 e. The molecule has 0 aliphatic carbocycles. The molecule has 3 saturated heterocycles. The van der Waals surface area contributed by atoms with Crippen molar-refractivity contribution in [2.24, 2.45) is 17.8 Å². The third-order valence-corrected chi connectivity index (χ3v) is 4.99. The molecule has 0 aromatic heterocycles. The Morgan fingerprint density at radius 3 is 2.59 bits per heavy atom. The quantitative estimate of drug-likeness (QED) is 0.667. The summed E-state index contributed by atoms with van der Waals surface area (Å²) in [6, 6.07) is 0.942. The number of carboxylic acids is 1. The highest BCUT2D eigenvalue weighted by Gasteiger charge is 2.47. The Morgan fingerprint density at radius 2 is 1.88 bits per heavy atom. The molecule has 2 bridgehead atoms. The van der Waals surface area contributed by atoms with Crippen molar-refractivity contribution < 1.29 is 9.90 Å². The van der Waals surface area contributed by atoms with E-state index in [-0.39, 0.29) is 5.92 Å². The molecule has 3 aliphatic heterocycles. The fourth-order valence-corrected chi connectivity index (χ4v) is 4.24. The standard InChI is InChI=1S/C13H22N2O2/c16-13(17)10-7-9-1-2-11(15-9)12(10)8-3-5-14-6-4-8/h8-12,14-15H,1-7H2,(H,16,17). The number of rotatable bonds is 2. The molecule has 4 nitrogen and oxygen atoms in total. The zero-order valence-electron chi connectivity index (χ0n) is 10.2. The van der Waals surface area contributed by atoms with E-state index in [4.69, 9.17) is 0 Å². The second-order valence-electron chi connectivity index (χ2n) is 5.89. The molecule has 0 aromatic carbocycles. The van der Waals surface area contributed by atoms with Crippen molar-refractivity contribution in [2.75, 3.05) is 13.1 Å². The van der Waals surface area contributed by atoms with Crippen LogP contribution in [0.5, 0.6) is 0 Å². The Labute approximate surface area is 102 Å². The highest BCUT2D eigenvalue weighted by atomic mass is 16.4. The molecule has 3 fully saturated rings. The van der Waals surface area contributed by atoms with Gasteiger partial charge in [-0.25, -0.2) is 0 Å². The second-order valence-corrected chi connectivity index (χ2v) is 5.89. The molecule has 17 heavy (non-hydrogen) atoms. The van der Waals surface area contributed by atoms with Crippen molar-refractivity contribution in [3.05, 3.63) is 0 Å². The number of carbonyl (C=O) groups is 1. The van der Waals surface area contributed by atoms with E-state index in [1.165, 1.54) is 12.8 Å². The minimum Gasteiger partial charge on any atom is -0.481 e. The van der Waals surface area contributed by atoms with Crippen LogP contribution in [0, 0.1) is 17.8 Å². The fraction of sp³-hybridized carbons (Fsp3) is 0.923. The van der Waals surface area contributed by atoms with Gasteiger partial charge in [0.2, 0.25) is 0 Å². The van der Waals surface area contributed by atoms with Crippen LogP contribution in [0.4, 0.5) is 0 Å². The lowest BCUT2D eigenvalue weighted by atomic mass is 9.70. The topological polar surface area (TPSA) is 61.4 Å². The monoisotopic (exact) mass is 238 g/mol. The first-order valence-corrected chi connectivity index (χ1v) is 6.95. The average molecular weight is 238 g/mol. The van der Waals surface area contributed by atoms with Gasteiger partial charge in [0, 0.05) is 12.1 Å². The van der Waals surface area contributed by atoms with Gasteiger partial charge in [-0.1, -0.05) is 0 Å². The van der Waals surface area contributed by atoms with E-state index in [1.807, 2.05) is 0 Å². The molecular weight excluding hydrogens is 216 g/mol. The SMILES string of the molecule is O=C(O)C1CC2CCC(N2)C1C1CCNCC1. The van der Waals surface area contributed by atoms with Gasteiger partial charge < -0.3 is 15.7 Å². The van der Waals surface area contributed by atoms with E-state index in [2.05, 4.69) is 10.6 Å². The van der Waals surface area contributed by atoms with Gasteiger partial charge in [0.05, 0.1) is 5.92 Å². The zero-order chi connectivity index (χ0) is 11.8. The summed E-state index contributed by atoms with van der Waals surface area (Å²) in [7, 11) is 0. The van der Waals surface area contributed by atoms with Gasteiger partial charge in [-0.15, -0.1) is 0 Å². The lowest BCUT2D eigenvalue weighted by Crippen LogP contribution is -2.52. The molecule has 0 saturated carbocycles. The predicted molar refractivity (Wildman–Crippen MR) is 64.8 cm³/mol. The first kappa shape index (κ1) is 11.5. The highest BCUT2D eigenvalue weighted by Crippen LogP contribution is 2.42. The minimum absolute atomic E-state index is 0.100. The molecule has 96 valence electrons. The molecule has 0 amide bonds. The summed E-state index contributed by atoms with van der Waals surface area (Å²) in [5, 5.41) is 16.5. The summed E-state index contributed by atoms with van der Waals surface area (Å²) >= 11 is 0. The molecule has 4 atom stereocenters. The van der Waals surface area contributed by atoms with Crippen LogP contribution in [-0.4, -0.2) is 36.2 Å². The Hall–Kier alpha value is -0.610. The van der Waals surface area contributed by atoms with E-state index < -0.39 is 5.97 Å². The molecule has 0 spiro atoms. The third-order valence-electron chi connectivity index (χ3n) is 4.99. The Morgan fingerprint density at radius 1 is 1.12 bits per heavy atom. The molecule has 0 radical (unpaired) electrons. The minimum atomic E-state index is -0.563. The maximum atomic E-state index is 11.5. The molecule has 4 heteroatoms. The number of carboxylic acid groups (broad SMARTS) is 1. The molecule has 3 aliphatic rings. The number of hydrogen-bond acceptors (Lipinski definition) is 3. The summed E-state index contributed by atoms with van der Waals surface area (Å²) < 4.78 is 0. The van der Waals surface area contributed by atoms with Gasteiger partial charge in [0.25, 0.3) is 0 Å². The summed E-state index contributed by atoms with van der Waals surface area (Å²) in [5.74, 6) is 0.311. The van der Waals surface area contributed by atoms with E-state index in [1.54, 1.807) is 0 Å². The van der Waals surface area contributed by atoms with Gasteiger partial charge in [-0.05, 0) is 57.0 Å². The van der Waals surface area contributed by atoms with Gasteiger partial charge >= 0.3 is 5.97 Å². The summed E-state index contributed by atoms with van der Waals surface area (Å²) in [4.78, 5) is 11.5. The smallest absolute Gasteiger partial charge is 0.306 e. The van der Waals surface area contributed by atoms with Crippen LogP contribution in [0.1, 0.15) is 32.1 Å². The van der Waals surface area contributed by atoms with Crippen LogP contribution in [0.2, 0.25) is 0 Å². The van der Waals surface area contributed by atoms with Crippen LogP contribution < -0.4 is 10.6 Å². The van der Waals surface area contributed by atoms with Crippen LogP contribution in [0.15, 0.2) is 0 Å². The van der Waals surface area contributed by atoms with Crippen molar-refractivity contribution >= 4 is 5.97 Å². The molecular formula is C13H22N2O2. The Bertz CT molecular complexity index is 302. The van der Waals surface area contributed by atoms with Crippen molar-refractivity contribution in [3.8, 4) is 0 Å². The Kier molecular flexibility index (Phi) is 3.09. The van der Waals surface area contributed by atoms with Crippen LogP contribution in [-0.2, 0) is 4.79 Å². The number of hydrogen-bond donors (Lipinski definition) is 3. The van der Waals surface area contributed by atoms with Crippen molar-refractivity contribution in [2.45, 2.75) is 44.2 Å². The van der Waals surface area contributed by atoms with Crippen molar-refractivity contribution in [3.63, 3.8) is 0 Å². The average Bonchev–Trinajstić information content (AvgIpc) is 2.72. The number of fused-ring (bicyclic) bond motifs is 2. The Balaban J connectivity index is 1.79. The largest absolute Gasteiger partial charge is 0.481 e. The van der Waals surface area contributed by atoms with E-state index >= 15 is 0 Å². The summed E-state index contributed by atoms with van der Waals surface area (Å²) in [6.07, 6.45) is 5.51. The van der Waals surface area contributed by atoms with E-state index in [0.717, 1.165) is 32.4 Å². The van der Waals surface area contributed by atoms with Crippen LogP contribution >= 0.6 is 0 Å². The molecule has 3 rings (SSSR count). The molecule has 3 heterocycles. The first-order chi connectivity index (χ1) is 8.25. The lowest BCUT2D eigenvalue weighted by Gasteiger charge is -2.41. The second kappa shape index (κ2) is 4.58. The van der Waals surface area contributed by atoms with Crippen molar-refractivity contribution in [1.29, 1.82) is 0 Å². The summed E-state index contributed by atoms with van der Waals surface area (Å²) in [5.41, 5.74) is 0. The fourth-order valence-electron chi connectivity index (χ4n) is 4.24. The predicted octanol–water partition coefficient (Wildman–Crippen LogP) is 0.827. The molecule has 3 N–H and O–H groups in total. The highest BCUT2D eigenvalue weighted by molar-refractivity contribution is 5.71. The van der Waals surface area contributed by atoms with Gasteiger partial charge in [0.15, 0.2) is 0 Å². The molecule has 0 aromatic rings. The zero-order valence-corrected chi connectivity index (χ0v) is 10.2. The number of nitrogens with one attached hydrogen (secondary N) is 2. The number of piperidine rings is 2. The third kappa shape index (κ3) is 2.08. The maximum absolute atomic E-state index is 11.5. The lowest BCUT2D eigenvalue weighted by molar-refractivity contribution is -0.146. The normalized spacial score (nSPS) is 42.6. The van der Waals surface area contributed by atoms with Gasteiger partial charge in [0.1, 0.15) is 0 Å². The first-order valence-electron chi connectivity index (χ1n) is 6.95. The van der Waals surface area contributed by atoms with E-state index in [9.17, 15) is 9.90 Å². The van der Waals surface area contributed by atoms with E-state index in [0.29, 0.717) is 23.9 Å². The molecule has 4 unspecified atom stereocenters. The van der Waals surface area contributed by atoms with Gasteiger partial charge in [-0.2, -0.15) is 0 Å². The van der Waals surface area contributed by atoms with Crippen molar-refractivity contribution in [1.82, 2.24) is 10.6 Å². The summed E-state index contributed by atoms with van der Waals surface area (Å²) in [6.45, 7) is 2.12. The van der Waals surface area contributed by atoms with Gasteiger partial charge in [-0.3, -0.25) is 4.79 Å².